The fourth-order valence-electron chi connectivity index (χ4n) is 3.51. The average Bonchev–Trinajstić information content (AvgIpc) is 3.39. The lowest BCUT2D eigenvalue weighted by atomic mass is 9.93. The van der Waals surface area contributed by atoms with Crippen LogP contribution in [0.15, 0.2) is 49.1 Å². The molecule has 0 unspecified atom stereocenters. The lowest BCUT2D eigenvalue weighted by molar-refractivity contribution is 0.0954. The van der Waals surface area contributed by atoms with Gasteiger partial charge in [0.25, 0.3) is 5.91 Å². The molecule has 4 aromatic heterocycles. The van der Waals surface area contributed by atoms with Crippen molar-refractivity contribution >= 4 is 28.8 Å². The molecule has 8 heteroatoms. The van der Waals surface area contributed by atoms with Crippen LogP contribution in [0.5, 0.6) is 10.8 Å². The Morgan fingerprint density at radius 2 is 2.10 bits per heavy atom. The molecular weight excluding hydrogens is 416 g/mol. The number of hydrogen-bond donors (Lipinski definition) is 1. The summed E-state index contributed by atoms with van der Waals surface area (Å²) in [5.41, 5.74) is 5.02. The number of nitrogens with one attached hydrogen (secondary N) is 1. The van der Waals surface area contributed by atoms with Gasteiger partial charge in [-0.1, -0.05) is 17.4 Å². The van der Waals surface area contributed by atoms with Gasteiger partial charge in [0.15, 0.2) is 5.06 Å². The highest BCUT2D eigenvalue weighted by Gasteiger charge is 2.30. The SMILES string of the molecule is Cc1ncccc1Oc1sc(C(=O)NCc2cccnc2)c2c1-c1sncc1CC2. The summed E-state index contributed by atoms with van der Waals surface area (Å²) in [6.45, 7) is 2.35. The van der Waals surface area contributed by atoms with Crippen molar-refractivity contribution in [1.82, 2.24) is 19.7 Å². The highest BCUT2D eigenvalue weighted by molar-refractivity contribution is 7.17. The topological polar surface area (TPSA) is 77.0 Å². The van der Waals surface area contributed by atoms with Gasteiger partial charge in [0.1, 0.15) is 5.75 Å². The maximum absolute atomic E-state index is 13.1. The lowest BCUT2D eigenvalue weighted by Crippen LogP contribution is -2.23. The number of aryl methyl sites for hydroxylation is 2. The number of carbonyl (C=O) groups excluding carboxylic acids is 1. The second-order valence-corrected chi connectivity index (χ2v) is 8.77. The Hall–Kier alpha value is -3.10. The van der Waals surface area contributed by atoms with Crippen molar-refractivity contribution in [3.05, 3.63) is 76.3 Å². The van der Waals surface area contributed by atoms with Gasteiger partial charge in [-0.05, 0) is 66.2 Å². The van der Waals surface area contributed by atoms with Gasteiger partial charge in [-0.3, -0.25) is 14.8 Å². The van der Waals surface area contributed by atoms with E-state index in [9.17, 15) is 4.79 Å². The minimum Gasteiger partial charge on any atom is -0.444 e. The summed E-state index contributed by atoms with van der Waals surface area (Å²) >= 11 is 2.84. The number of amides is 1. The van der Waals surface area contributed by atoms with E-state index >= 15 is 0 Å². The van der Waals surface area contributed by atoms with Crippen molar-refractivity contribution in [3.8, 4) is 21.3 Å². The van der Waals surface area contributed by atoms with Crippen molar-refractivity contribution < 1.29 is 9.53 Å². The molecule has 0 atom stereocenters. The number of nitrogens with zero attached hydrogens (tertiary/aromatic N) is 3. The molecule has 4 aromatic rings. The Morgan fingerprint density at radius 1 is 1.20 bits per heavy atom. The first kappa shape index (κ1) is 18.9. The third kappa shape index (κ3) is 3.48. The molecular formula is C22H18N4O2S2. The second-order valence-electron chi connectivity index (χ2n) is 6.99. The lowest BCUT2D eigenvalue weighted by Gasteiger charge is -2.14. The number of pyridine rings is 2. The molecule has 4 heterocycles. The molecule has 0 bridgehead atoms. The Balaban J connectivity index is 1.51. The zero-order valence-electron chi connectivity index (χ0n) is 16.2. The number of fused-ring (bicyclic) bond motifs is 3. The third-order valence-corrected chi connectivity index (χ3v) is 7.00. The number of aromatic nitrogens is 3. The largest absolute Gasteiger partial charge is 0.444 e. The molecule has 0 saturated heterocycles. The summed E-state index contributed by atoms with van der Waals surface area (Å²) in [4.78, 5) is 23.3. The van der Waals surface area contributed by atoms with E-state index in [2.05, 4.69) is 19.7 Å². The van der Waals surface area contributed by atoms with Crippen molar-refractivity contribution in [2.45, 2.75) is 26.3 Å². The molecule has 5 rings (SSSR count). The zero-order chi connectivity index (χ0) is 20.5. The van der Waals surface area contributed by atoms with Gasteiger partial charge in [-0.25, -0.2) is 4.37 Å². The fraction of sp³-hybridized carbons (Fsp3) is 0.182. The monoisotopic (exact) mass is 434 g/mol. The first-order valence-corrected chi connectivity index (χ1v) is 11.2. The smallest absolute Gasteiger partial charge is 0.262 e. The predicted octanol–water partition coefficient (Wildman–Crippen LogP) is 4.79. The summed E-state index contributed by atoms with van der Waals surface area (Å²) in [5, 5.41) is 3.74. The van der Waals surface area contributed by atoms with E-state index in [1.165, 1.54) is 28.4 Å². The van der Waals surface area contributed by atoms with Crippen LogP contribution in [0, 0.1) is 6.92 Å². The van der Waals surface area contributed by atoms with Gasteiger partial charge < -0.3 is 10.1 Å². The summed E-state index contributed by atoms with van der Waals surface area (Å²) in [6, 6.07) is 7.55. The van der Waals surface area contributed by atoms with Crippen molar-refractivity contribution in [2.24, 2.45) is 0 Å². The van der Waals surface area contributed by atoms with Crippen LogP contribution in [0.3, 0.4) is 0 Å². The highest BCUT2D eigenvalue weighted by atomic mass is 32.1. The molecule has 1 aliphatic carbocycles. The molecule has 0 aromatic carbocycles. The van der Waals surface area contributed by atoms with Crippen LogP contribution in [-0.2, 0) is 19.4 Å². The van der Waals surface area contributed by atoms with Crippen LogP contribution in [0.4, 0.5) is 0 Å². The standard InChI is InChI=1S/C22H18N4O2S2/c1-13-17(5-3-9-24-13)28-22-18-16(7-6-15-12-26-30-19(15)18)20(29-22)21(27)25-11-14-4-2-8-23-10-14/h2-5,8-10,12H,6-7,11H2,1H3,(H,25,27). The average molecular weight is 435 g/mol. The van der Waals surface area contributed by atoms with Gasteiger partial charge in [0, 0.05) is 31.3 Å². The maximum atomic E-state index is 13.1. The molecule has 30 heavy (non-hydrogen) atoms. The molecule has 0 aliphatic heterocycles. The van der Waals surface area contributed by atoms with Crippen LogP contribution < -0.4 is 10.1 Å². The van der Waals surface area contributed by atoms with E-state index in [4.69, 9.17) is 4.74 Å². The van der Waals surface area contributed by atoms with Crippen molar-refractivity contribution in [3.63, 3.8) is 0 Å². The Morgan fingerprint density at radius 3 is 2.93 bits per heavy atom. The molecule has 150 valence electrons. The van der Waals surface area contributed by atoms with E-state index in [1.807, 2.05) is 37.4 Å². The molecule has 0 radical (unpaired) electrons. The molecule has 0 fully saturated rings. The summed E-state index contributed by atoms with van der Waals surface area (Å²) in [7, 11) is 0. The van der Waals surface area contributed by atoms with Gasteiger partial charge in [0.05, 0.1) is 21.0 Å². The molecule has 0 spiro atoms. The number of thiophene rings is 1. The Kier molecular flexibility index (Phi) is 5.02. The Labute approximate surface area is 181 Å². The molecule has 6 nitrogen and oxygen atoms in total. The van der Waals surface area contributed by atoms with E-state index in [0.29, 0.717) is 17.2 Å². The second kappa shape index (κ2) is 7.97. The summed E-state index contributed by atoms with van der Waals surface area (Å²) in [5.74, 6) is 0.603. The number of ether oxygens (including phenoxy) is 1. The maximum Gasteiger partial charge on any atom is 0.262 e. The van der Waals surface area contributed by atoms with Gasteiger partial charge in [-0.2, -0.15) is 0 Å². The number of rotatable bonds is 5. The normalized spacial score (nSPS) is 12.2. The van der Waals surface area contributed by atoms with Gasteiger partial charge in [-0.15, -0.1) is 0 Å². The van der Waals surface area contributed by atoms with Crippen LogP contribution >= 0.6 is 22.9 Å². The van der Waals surface area contributed by atoms with Crippen LogP contribution in [-0.4, -0.2) is 20.2 Å². The molecule has 1 aliphatic rings. The van der Waals surface area contributed by atoms with E-state index in [1.54, 1.807) is 18.6 Å². The van der Waals surface area contributed by atoms with Gasteiger partial charge >= 0.3 is 0 Å². The summed E-state index contributed by atoms with van der Waals surface area (Å²) < 4.78 is 10.6. The highest BCUT2D eigenvalue weighted by Crippen LogP contribution is 2.50. The minimum absolute atomic E-state index is 0.0918. The quantitative estimate of drug-likeness (QED) is 0.489. The molecule has 1 amide bonds. The zero-order valence-corrected chi connectivity index (χ0v) is 17.8. The van der Waals surface area contributed by atoms with Crippen LogP contribution in [0.1, 0.15) is 32.1 Å². The third-order valence-electron chi connectivity index (χ3n) is 5.03. The molecule has 0 saturated carbocycles. The van der Waals surface area contributed by atoms with E-state index < -0.39 is 0 Å². The fourth-order valence-corrected chi connectivity index (χ4v) is 5.58. The number of carbonyl (C=O) groups is 1. The first-order chi connectivity index (χ1) is 14.7. The minimum atomic E-state index is -0.0918. The van der Waals surface area contributed by atoms with Crippen molar-refractivity contribution in [2.75, 3.05) is 0 Å². The Bertz CT molecular complexity index is 1220. The predicted molar refractivity (Wildman–Crippen MR) is 117 cm³/mol. The first-order valence-electron chi connectivity index (χ1n) is 9.57. The van der Waals surface area contributed by atoms with E-state index in [-0.39, 0.29) is 5.91 Å². The van der Waals surface area contributed by atoms with Gasteiger partial charge in [0.2, 0.25) is 0 Å². The number of hydrogen-bond acceptors (Lipinski definition) is 7. The van der Waals surface area contributed by atoms with Crippen LogP contribution in [0.25, 0.3) is 10.4 Å². The summed E-state index contributed by atoms with van der Waals surface area (Å²) in [6.07, 6.45) is 8.81. The van der Waals surface area contributed by atoms with Crippen LogP contribution in [0.2, 0.25) is 0 Å². The molecule has 1 N–H and O–H groups in total. The van der Waals surface area contributed by atoms with Crippen molar-refractivity contribution in [1.29, 1.82) is 0 Å². The van der Waals surface area contributed by atoms with E-state index in [0.717, 1.165) is 45.2 Å².